The van der Waals surface area contributed by atoms with E-state index in [0.717, 1.165) is 16.6 Å². The molecule has 0 bridgehead atoms. The van der Waals surface area contributed by atoms with Gasteiger partial charge in [0.05, 0.1) is 11.0 Å². The van der Waals surface area contributed by atoms with Crippen LogP contribution in [0.5, 0.6) is 0 Å². The molecule has 0 saturated carbocycles. The standard InChI is InChI=1S/C9H11ClN4/c1-5-3-6(10)4-7-8(5)14(2)9(12-7)13-11/h3-4H,11H2,1-2H3,(H,12,13). The van der Waals surface area contributed by atoms with E-state index in [1.54, 1.807) is 0 Å². The third-order valence-corrected chi connectivity index (χ3v) is 2.47. The lowest BCUT2D eigenvalue weighted by Crippen LogP contribution is -2.11. The van der Waals surface area contributed by atoms with Crippen LogP contribution in [-0.2, 0) is 7.05 Å². The molecule has 0 unspecified atom stereocenters. The zero-order valence-corrected chi connectivity index (χ0v) is 8.76. The summed E-state index contributed by atoms with van der Waals surface area (Å²) in [5, 5.41) is 0.691. The maximum atomic E-state index is 5.93. The number of rotatable bonds is 1. The van der Waals surface area contributed by atoms with Crippen molar-refractivity contribution in [1.29, 1.82) is 0 Å². The number of nitrogens with one attached hydrogen (secondary N) is 1. The van der Waals surface area contributed by atoms with Gasteiger partial charge in [0.2, 0.25) is 5.95 Å². The third-order valence-electron chi connectivity index (χ3n) is 2.25. The summed E-state index contributed by atoms with van der Waals surface area (Å²) < 4.78 is 1.90. The molecule has 0 amide bonds. The first-order chi connectivity index (χ1) is 6.63. The molecule has 0 atom stereocenters. The zero-order chi connectivity index (χ0) is 10.3. The predicted octanol–water partition coefficient (Wildman–Crippen LogP) is 1.82. The van der Waals surface area contributed by atoms with Crippen molar-refractivity contribution in [3.8, 4) is 0 Å². The quantitative estimate of drug-likeness (QED) is 0.558. The Labute approximate surface area is 86.6 Å². The monoisotopic (exact) mass is 210 g/mol. The van der Waals surface area contributed by atoms with Crippen LogP contribution in [0, 0.1) is 6.92 Å². The van der Waals surface area contributed by atoms with Gasteiger partial charge in [-0.2, -0.15) is 0 Å². The van der Waals surface area contributed by atoms with Gasteiger partial charge in [-0.25, -0.2) is 10.8 Å². The van der Waals surface area contributed by atoms with E-state index in [1.165, 1.54) is 0 Å². The Hall–Kier alpha value is -1.26. The molecule has 2 rings (SSSR count). The topological polar surface area (TPSA) is 55.9 Å². The summed E-state index contributed by atoms with van der Waals surface area (Å²) in [6, 6.07) is 3.73. The number of hydrazine groups is 1. The molecule has 3 N–H and O–H groups in total. The number of benzene rings is 1. The van der Waals surface area contributed by atoms with Crippen LogP contribution >= 0.6 is 11.6 Å². The number of nitrogens with two attached hydrogens (primary N) is 1. The van der Waals surface area contributed by atoms with Gasteiger partial charge in [0.25, 0.3) is 0 Å². The number of aryl methyl sites for hydroxylation is 2. The normalized spacial score (nSPS) is 10.9. The molecule has 74 valence electrons. The molecule has 4 nitrogen and oxygen atoms in total. The van der Waals surface area contributed by atoms with Crippen LogP contribution in [0.2, 0.25) is 5.02 Å². The number of halogens is 1. The maximum absolute atomic E-state index is 5.93. The molecular formula is C9H11ClN4. The number of hydrogen-bond acceptors (Lipinski definition) is 3. The smallest absolute Gasteiger partial charge is 0.218 e. The van der Waals surface area contributed by atoms with E-state index in [9.17, 15) is 0 Å². The van der Waals surface area contributed by atoms with Crippen molar-refractivity contribution in [2.75, 3.05) is 5.43 Å². The van der Waals surface area contributed by atoms with Crippen molar-refractivity contribution in [1.82, 2.24) is 9.55 Å². The Morgan fingerprint density at radius 1 is 1.50 bits per heavy atom. The molecule has 0 saturated heterocycles. The van der Waals surface area contributed by atoms with Gasteiger partial charge >= 0.3 is 0 Å². The zero-order valence-electron chi connectivity index (χ0n) is 8.00. The predicted molar refractivity (Wildman–Crippen MR) is 58.3 cm³/mol. The van der Waals surface area contributed by atoms with Crippen LogP contribution in [0.1, 0.15) is 5.56 Å². The summed E-state index contributed by atoms with van der Waals surface area (Å²) in [6.45, 7) is 2.00. The van der Waals surface area contributed by atoms with Gasteiger partial charge in [-0.15, -0.1) is 0 Å². The molecule has 0 aliphatic heterocycles. The van der Waals surface area contributed by atoms with E-state index in [1.807, 2.05) is 30.7 Å². The molecule has 5 heteroatoms. The number of hydrogen-bond donors (Lipinski definition) is 2. The van der Waals surface area contributed by atoms with E-state index in [0.29, 0.717) is 11.0 Å². The largest absolute Gasteiger partial charge is 0.312 e. The lowest BCUT2D eigenvalue weighted by Gasteiger charge is -2.02. The minimum absolute atomic E-state index is 0.630. The summed E-state index contributed by atoms with van der Waals surface area (Å²) in [6.07, 6.45) is 0. The average Bonchev–Trinajstić information content (AvgIpc) is 2.42. The summed E-state index contributed by atoms with van der Waals surface area (Å²) in [5.74, 6) is 5.97. The highest BCUT2D eigenvalue weighted by Gasteiger charge is 2.09. The van der Waals surface area contributed by atoms with Gasteiger partial charge in [-0.05, 0) is 24.6 Å². The summed E-state index contributed by atoms with van der Waals surface area (Å²) in [4.78, 5) is 4.29. The first kappa shape index (κ1) is 9.30. The molecule has 1 aromatic heterocycles. The van der Waals surface area contributed by atoms with E-state index in [4.69, 9.17) is 17.4 Å². The highest BCUT2D eigenvalue weighted by molar-refractivity contribution is 6.31. The van der Waals surface area contributed by atoms with Gasteiger partial charge in [0.15, 0.2) is 0 Å². The lowest BCUT2D eigenvalue weighted by molar-refractivity contribution is 0.939. The number of fused-ring (bicyclic) bond motifs is 1. The van der Waals surface area contributed by atoms with Crippen molar-refractivity contribution >= 4 is 28.6 Å². The summed E-state index contributed by atoms with van der Waals surface area (Å²) in [5.41, 5.74) is 5.52. The number of nitrogen functional groups attached to an aromatic ring is 1. The second-order valence-corrected chi connectivity index (χ2v) is 3.67. The number of aromatic nitrogens is 2. The molecule has 0 spiro atoms. The molecule has 14 heavy (non-hydrogen) atoms. The van der Waals surface area contributed by atoms with Crippen molar-refractivity contribution < 1.29 is 0 Å². The van der Waals surface area contributed by atoms with Crippen LogP contribution in [0.25, 0.3) is 11.0 Å². The van der Waals surface area contributed by atoms with E-state index < -0.39 is 0 Å². The third kappa shape index (κ3) is 1.23. The molecule has 1 heterocycles. The van der Waals surface area contributed by atoms with Gasteiger partial charge in [-0.3, -0.25) is 5.43 Å². The molecular weight excluding hydrogens is 200 g/mol. The van der Waals surface area contributed by atoms with E-state index in [-0.39, 0.29) is 0 Å². The fourth-order valence-corrected chi connectivity index (χ4v) is 1.93. The first-order valence-corrected chi connectivity index (χ1v) is 4.60. The summed E-state index contributed by atoms with van der Waals surface area (Å²) in [7, 11) is 1.91. The second kappa shape index (κ2) is 3.15. The van der Waals surface area contributed by atoms with Crippen LogP contribution in [0.4, 0.5) is 5.95 Å². The Morgan fingerprint density at radius 3 is 2.86 bits per heavy atom. The first-order valence-electron chi connectivity index (χ1n) is 4.22. The Morgan fingerprint density at radius 2 is 2.21 bits per heavy atom. The minimum atomic E-state index is 0.630. The highest BCUT2D eigenvalue weighted by atomic mass is 35.5. The molecule has 0 aliphatic carbocycles. The lowest BCUT2D eigenvalue weighted by atomic mass is 10.2. The van der Waals surface area contributed by atoms with Crippen molar-refractivity contribution in [3.63, 3.8) is 0 Å². The SMILES string of the molecule is Cc1cc(Cl)cc2nc(NN)n(C)c12. The Balaban J connectivity index is 2.85. The van der Waals surface area contributed by atoms with Crippen molar-refractivity contribution in [2.24, 2.45) is 12.9 Å². The Bertz CT molecular complexity index is 489. The van der Waals surface area contributed by atoms with Crippen LogP contribution < -0.4 is 11.3 Å². The van der Waals surface area contributed by atoms with Crippen LogP contribution in [-0.4, -0.2) is 9.55 Å². The maximum Gasteiger partial charge on any atom is 0.218 e. The molecule has 0 fully saturated rings. The number of nitrogens with zero attached hydrogens (tertiary/aromatic N) is 2. The Kier molecular flexibility index (Phi) is 2.09. The fraction of sp³-hybridized carbons (Fsp3) is 0.222. The van der Waals surface area contributed by atoms with Crippen molar-refractivity contribution in [2.45, 2.75) is 6.92 Å². The van der Waals surface area contributed by atoms with Crippen LogP contribution in [0.15, 0.2) is 12.1 Å². The number of imidazole rings is 1. The van der Waals surface area contributed by atoms with Crippen LogP contribution in [0.3, 0.4) is 0 Å². The van der Waals surface area contributed by atoms with Gasteiger partial charge in [0.1, 0.15) is 0 Å². The van der Waals surface area contributed by atoms with E-state index in [2.05, 4.69) is 10.4 Å². The highest BCUT2D eigenvalue weighted by Crippen LogP contribution is 2.25. The van der Waals surface area contributed by atoms with Gasteiger partial charge in [0, 0.05) is 12.1 Å². The molecule has 1 aromatic carbocycles. The van der Waals surface area contributed by atoms with Gasteiger partial charge in [-0.1, -0.05) is 11.6 Å². The second-order valence-electron chi connectivity index (χ2n) is 3.23. The minimum Gasteiger partial charge on any atom is -0.312 e. The van der Waals surface area contributed by atoms with Gasteiger partial charge < -0.3 is 4.57 Å². The molecule has 2 aromatic rings. The van der Waals surface area contributed by atoms with Crippen molar-refractivity contribution in [3.05, 3.63) is 22.7 Å². The fourth-order valence-electron chi connectivity index (χ4n) is 1.66. The molecule has 0 radical (unpaired) electrons. The average molecular weight is 211 g/mol. The summed E-state index contributed by atoms with van der Waals surface area (Å²) >= 11 is 5.93. The molecule has 0 aliphatic rings. The van der Waals surface area contributed by atoms with E-state index >= 15 is 0 Å². The number of anilines is 1.